The second kappa shape index (κ2) is 6.87. The lowest BCUT2D eigenvalue weighted by molar-refractivity contribution is -0.143. The van der Waals surface area contributed by atoms with Crippen LogP contribution >= 0.6 is 0 Å². The highest BCUT2D eigenvalue weighted by Gasteiger charge is 2.29. The van der Waals surface area contributed by atoms with Crippen LogP contribution in [-0.2, 0) is 4.79 Å². The molecule has 2 saturated heterocycles. The molecule has 0 spiro atoms. The molecule has 0 bridgehead atoms. The van der Waals surface area contributed by atoms with E-state index in [4.69, 9.17) is 10.8 Å². The molecule has 0 aromatic heterocycles. The maximum Gasteiger partial charge on any atom is 0.323 e. The zero-order chi connectivity index (χ0) is 14.6. The Morgan fingerprint density at radius 2 is 1.80 bits per heavy atom. The molecule has 5 heteroatoms. The van der Waals surface area contributed by atoms with E-state index in [9.17, 15) is 4.79 Å². The number of carboxylic acid groups (broad SMARTS) is 1. The first-order chi connectivity index (χ1) is 9.47. The molecule has 1 atom stereocenters. The Kier molecular flexibility index (Phi) is 5.41. The Hall–Kier alpha value is -0.650. The Morgan fingerprint density at radius 3 is 2.35 bits per heavy atom. The molecule has 0 saturated carbocycles. The van der Waals surface area contributed by atoms with Crippen LogP contribution in [0.3, 0.4) is 0 Å². The van der Waals surface area contributed by atoms with Crippen LogP contribution in [0.4, 0.5) is 0 Å². The molecule has 116 valence electrons. The number of nitrogens with two attached hydrogens (primary N) is 1. The van der Waals surface area contributed by atoms with Crippen molar-refractivity contribution in [1.82, 2.24) is 9.80 Å². The standard InChI is InChI=1S/C15H29N3O2/c1-15(16,14(19)20)6-11-17-9-4-13(5-10-17)12-18-7-2-3-8-18/h13H,2-12,16H2,1H3,(H,19,20). The summed E-state index contributed by atoms with van der Waals surface area (Å²) in [6.07, 6.45) is 5.74. The van der Waals surface area contributed by atoms with Crippen LogP contribution in [0.25, 0.3) is 0 Å². The third-order valence-corrected chi connectivity index (χ3v) is 4.86. The van der Waals surface area contributed by atoms with Crippen molar-refractivity contribution < 1.29 is 9.90 Å². The molecule has 0 amide bonds. The molecule has 0 aliphatic carbocycles. The van der Waals surface area contributed by atoms with Gasteiger partial charge in [-0.15, -0.1) is 0 Å². The fourth-order valence-corrected chi connectivity index (χ4v) is 3.22. The van der Waals surface area contributed by atoms with Gasteiger partial charge < -0.3 is 20.6 Å². The first kappa shape index (κ1) is 15.7. The SMILES string of the molecule is CC(N)(CCN1CCC(CN2CCCC2)CC1)C(=O)O. The summed E-state index contributed by atoms with van der Waals surface area (Å²) < 4.78 is 0. The molecule has 5 nitrogen and oxygen atoms in total. The summed E-state index contributed by atoms with van der Waals surface area (Å²) in [5.41, 5.74) is 4.69. The van der Waals surface area contributed by atoms with E-state index in [1.54, 1.807) is 6.92 Å². The normalized spacial score (nSPS) is 25.7. The predicted molar refractivity (Wildman–Crippen MR) is 79.7 cm³/mol. The molecular weight excluding hydrogens is 254 g/mol. The fourth-order valence-electron chi connectivity index (χ4n) is 3.22. The maximum atomic E-state index is 11.0. The van der Waals surface area contributed by atoms with Crippen LogP contribution in [0.2, 0.25) is 0 Å². The molecule has 0 aromatic rings. The lowest BCUT2D eigenvalue weighted by atomic mass is 9.94. The zero-order valence-electron chi connectivity index (χ0n) is 12.7. The molecule has 0 aromatic carbocycles. The van der Waals surface area contributed by atoms with Gasteiger partial charge >= 0.3 is 5.97 Å². The van der Waals surface area contributed by atoms with Crippen molar-refractivity contribution in [1.29, 1.82) is 0 Å². The number of piperidine rings is 1. The van der Waals surface area contributed by atoms with E-state index in [-0.39, 0.29) is 0 Å². The molecule has 0 radical (unpaired) electrons. The molecular formula is C15H29N3O2. The quantitative estimate of drug-likeness (QED) is 0.760. The number of hydrogen-bond donors (Lipinski definition) is 2. The number of aliphatic carboxylic acids is 1. The average Bonchev–Trinajstić information content (AvgIpc) is 2.91. The molecule has 2 heterocycles. The molecule has 1 unspecified atom stereocenters. The lowest BCUT2D eigenvalue weighted by Gasteiger charge is -2.35. The zero-order valence-corrected chi connectivity index (χ0v) is 12.7. The van der Waals surface area contributed by atoms with Gasteiger partial charge in [0.1, 0.15) is 5.54 Å². The van der Waals surface area contributed by atoms with Gasteiger partial charge in [-0.05, 0) is 71.1 Å². The summed E-state index contributed by atoms with van der Waals surface area (Å²) >= 11 is 0. The van der Waals surface area contributed by atoms with E-state index in [0.29, 0.717) is 6.42 Å². The molecule has 2 fully saturated rings. The third kappa shape index (κ3) is 4.43. The van der Waals surface area contributed by atoms with Gasteiger partial charge in [-0.1, -0.05) is 0 Å². The lowest BCUT2D eigenvalue weighted by Crippen LogP contribution is -2.48. The van der Waals surface area contributed by atoms with E-state index in [1.165, 1.54) is 45.3 Å². The maximum absolute atomic E-state index is 11.0. The molecule has 2 aliphatic heterocycles. The van der Waals surface area contributed by atoms with Crippen LogP contribution in [0.1, 0.15) is 39.0 Å². The smallest absolute Gasteiger partial charge is 0.323 e. The topological polar surface area (TPSA) is 69.8 Å². The van der Waals surface area contributed by atoms with Crippen molar-refractivity contribution in [3.63, 3.8) is 0 Å². The molecule has 20 heavy (non-hydrogen) atoms. The van der Waals surface area contributed by atoms with Gasteiger partial charge in [0.05, 0.1) is 0 Å². The fraction of sp³-hybridized carbons (Fsp3) is 0.933. The molecule has 3 N–H and O–H groups in total. The summed E-state index contributed by atoms with van der Waals surface area (Å²) in [5, 5.41) is 9.02. The number of hydrogen-bond acceptors (Lipinski definition) is 4. The van der Waals surface area contributed by atoms with Crippen LogP contribution in [0.5, 0.6) is 0 Å². The number of likely N-dealkylation sites (tertiary alicyclic amines) is 2. The van der Waals surface area contributed by atoms with E-state index < -0.39 is 11.5 Å². The Balaban J connectivity index is 1.65. The van der Waals surface area contributed by atoms with Gasteiger partial charge in [0.25, 0.3) is 0 Å². The molecule has 2 rings (SSSR count). The van der Waals surface area contributed by atoms with Gasteiger partial charge in [0.2, 0.25) is 0 Å². The second-order valence-corrected chi connectivity index (χ2v) is 6.77. The summed E-state index contributed by atoms with van der Waals surface area (Å²) in [6.45, 7) is 8.42. The summed E-state index contributed by atoms with van der Waals surface area (Å²) in [5.74, 6) is -0.0745. The summed E-state index contributed by atoms with van der Waals surface area (Å²) in [4.78, 5) is 16.0. The van der Waals surface area contributed by atoms with Crippen molar-refractivity contribution in [3.05, 3.63) is 0 Å². The van der Waals surface area contributed by atoms with Gasteiger partial charge in [0, 0.05) is 13.1 Å². The second-order valence-electron chi connectivity index (χ2n) is 6.77. The van der Waals surface area contributed by atoms with Gasteiger partial charge in [-0.2, -0.15) is 0 Å². The largest absolute Gasteiger partial charge is 0.480 e. The highest BCUT2D eigenvalue weighted by molar-refractivity contribution is 5.77. The number of nitrogens with zero attached hydrogens (tertiary/aromatic N) is 2. The molecule has 2 aliphatic rings. The van der Waals surface area contributed by atoms with Crippen molar-refractivity contribution in [3.8, 4) is 0 Å². The third-order valence-electron chi connectivity index (χ3n) is 4.86. The first-order valence-corrected chi connectivity index (χ1v) is 7.94. The van der Waals surface area contributed by atoms with Crippen LogP contribution in [-0.4, -0.2) is 65.7 Å². The van der Waals surface area contributed by atoms with E-state index in [1.807, 2.05) is 0 Å². The van der Waals surface area contributed by atoms with Crippen molar-refractivity contribution in [2.24, 2.45) is 11.7 Å². The monoisotopic (exact) mass is 283 g/mol. The minimum atomic E-state index is -1.09. The highest BCUT2D eigenvalue weighted by atomic mass is 16.4. The Morgan fingerprint density at radius 1 is 1.20 bits per heavy atom. The van der Waals surface area contributed by atoms with Gasteiger partial charge in [0.15, 0.2) is 0 Å². The van der Waals surface area contributed by atoms with Crippen molar-refractivity contribution in [2.45, 2.75) is 44.6 Å². The number of carbonyl (C=O) groups is 1. The van der Waals surface area contributed by atoms with Crippen molar-refractivity contribution in [2.75, 3.05) is 39.3 Å². The summed E-state index contributed by atoms with van der Waals surface area (Å²) in [7, 11) is 0. The Bertz CT molecular complexity index is 319. The van der Waals surface area contributed by atoms with E-state index in [2.05, 4.69) is 9.80 Å². The van der Waals surface area contributed by atoms with E-state index >= 15 is 0 Å². The average molecular weight is 283 g/mol. The number of rotatable bonds is 6. The van der Waals surface area contributed by atoms with E-state index in [0.717, 1.165) is 25.6 Å². The van der Waals surface area contributed by atoms with Gasteiger partial charge in [-0.3, -0.25) is 4.79 Å². The van der Waals surface area contributed by atoms with Crippen molar-refractivity contribution >= 4 is 5.97 Å². The van der Waals surface area contributed by atoms with Gasteiger partial charge in [-0.25, -0.2) is 0 Å². The Labute approximate surface area is 122 Å². The minimum absolute atomic E-state index is 0.527. The van der Waals surface area contributed by atoms with Crippen LogP contribution in [0, 0.1) is 5.92 Å². The predicted octanol–water partition coefficient (Wildman–Crippen LogP) is 0.986. The van der Waals surface area contributed by atoms with Crippen LogP contribution in [0.15, 0.2) is 0 Å². The first-order valence-electron chi connectivity index (χ1n) is 7.94. The number of carboxylic acids is 1. The van der Waals surface area contributed by atoms with Crippen LogP contribution < -0.4 is 5.73 Å². The summed E-state index contributed by atoms with van der Waals surface area (Å²) in [6, 6.07) is 0. The highest BCUT2D eigenvalue weighted by Crippen LogP contribution is 2.21. The minimum Gasteiger partial charge on any atom is -0.480 e.